The first-order valence-corrected chi connectivity index (χ1v) is 17.1. The fourth-order valence-electron chi connectivity index (χ4n) is 5.52. The lowest BCUT2D eigenvalue weighted by Crippen LogP contribution is -2.20. The van der Waals surface area contributed by atoms with E-state index < -0.39 is 0 Å². The number of benzene rings is 3. The molecule has 0 spiro atoms. The summed E-state index contributed by atoms with van der Waals surface area (Å²) < 4.78 is 2.89. The van der Waals surface area contributed by atoms with Gasteiger partial charge in [0.1, 0.15) is 11.3 Å². The van der Waals surface area contributed by atoms with Gasteiger partial charge in [0.25, 0.3) is 11.1 Å². The minimum Gasteiger partial charge on any atom is -0.368 e. The number of nitrogens with two attached hydrogens (primary N) is 1. The molecule has 0 saturated heterocycles. The lowest BCUT2D eigenvalue weighted by Gasteiger charge is -2.12. The number of aromatic nitrogens is 6. The van der Waals surface area contributed by atoms with Gasteiger partial charge in [-0.25, -0.2) is 9.97 Å². The molecule has 0 aliphatic rings. The van der Waals surface area contributed by atoms with Crippen molar-refractivity contribution in [2.45, 2.75) is 19.8 Å². The van der Waals surface area contributed by atoms with E-state index in [9.17, 15) is 9.59 Å². The molecule has 7 rings (SSSR count). The number of pyridine rings is 2. The first-order valence-electron chi connectivity index (χ1n) is 15.6. The normalized spacial score (nSPS) is 11.2. The van der Waals surface area contributed by atoms with Gasteiger partial charge in [-0.1, -0.05) is 84.5 Å². The fraction of sp³-hybridized carbons (Fsp3) is 0.135. The number of aryl methyl sites for hydroxylation is 2. The number of rotatable bonds is 5. The van der Waals surface area contributed by atoms with Crippen LogP contribution in [0.15, 0.2) is 94.8 Å². The maximum absolute atomic E-state index is 13.0. The van der Waals surface area contributed by atoms with Crippen LogP contribution in [-0.4, -0.2) is 29.1 Å². The van der Waals surface area contributed by atoms with Gasteiger partial charge in [0.2, 0.25) is 11.9 Å². The third-order valence-corrected chi connectivity index (χ3v) is 9.47. The van der Waals surface area contributed by atoms with Crippen LogP contribution in [0, 0.1) is 0 Å². The van der Waals surface area contributed by atoms with Crippen LogP contribution in [0.1, 0.15) is 25.3 Å². The van der Waals surface area contributed by atoms with E-state index in [-0.39, 0.29) is 17.1 Å². The van der Waals surface area contributed by atoms with E-state index in [1.807, 2.05) is 12.1 Å². The summed E-state index contributed by atoms with van der Waals surface area (Å²) in [6.07, 6.45) is 3.24. The Morgan fingerprint density at radius 1 is 0.667 bits per heavy atom. The highest BCUT2D eigenvalue weighted by molar-refractivity contribution is 6.39. The Morgan fingerprint density at radius 2 is 1.12 bits per heavy atom. The molecular formula is C37H30Cl4N8O2. The van der Waals surface area contributed by atoms with Gasteiger partial charge in [0, 0.05) is 54.1 Å². The van der Waals surface area contributed by atoms with Crippen LogP contribution >= 0.6 is 46.4 Å². The summed E-state index contributed by atoms with van der Waals surface area (Å²) in [5.74, 6) is 0.991. The maximum Gasteiger partial charge on any atom is 0.259 e. The molecule has 3 aromatic carbocycles. The summed E-state index contributed by atoms with van der Waals surface area (Å²) in [5, 5.41) is 6.25. The molecule has 0 bridgehead atoms. The highest BCUT2D eigenvalue weighted by atomic mass is 35.5. The van der Waals surface area contributed by atoms with E-state index >= 15 is 0 Å². The highest BCUT2D eigenvalue weighted by Gasteiger charge is 2.17. The first-order chi connectivity index (χ1) is 24.3. The van der Waals surface area contributed by atoms with Crippen molar-refractivity contribution in [2.75, 3.05) is 11.1 Å². The number of hydrogen-bond acceptors (Lipinski definition) is 8. The molecule has 10 nitrogen and oxygen atoms in total. The molecule has 7 aromatic rings. The molecule has 258 valence electrons. The van der Waals surface area contributed by atoms with Crippen LogP contribution < -0.4 is 22.2 Å². The molecule has 0 amide bonds. The molecule has 4 aromatic heterocycles. The minimum atomic E-state index is -0.254. The van der Waals surface area contributed by atoms with E-state index in [1.165, 1.54) is 14.7 Å². The zero-order valence-electron chi connectivity index (χ0n) is 27.7. The van der Waals surface area contributed by atoms with Crippen LogP contribution in [0.25, 0.3) is 44.3 Å². The number of hydrogen-bond donors (Lipinski definition) is 2. The van der Waals surface area contributed by atoms with E-state index in [0.717, 1.165) is 5.69 Å². The number of nitrogen functional groups attached to an aromatic ring is 1. The molecule has 0 aliphatic carbocycles. The van der Waals surface area contributed by atoms with Crippen molar-refractivity contribution in [3.63, 3.8) is 0 Å². The molecule has 0 fully saturated rings. The molecule has 0 atom stereocenters. The third-order valence-electron chi connectivity index (χ3n) is 8.21. The van der Waals surface area contributed by atoms with Crippen molar-refractivity contribution in [2.24, 2.45) is 14.1 Å². The molecular weight excluding hydrogens is 730 g/mol. The monoisotopic (exact) mass is 758 g/mol. The summed E-state index contributed by atoms with van der Waals surface area (Å²) in [4.78, 5) is 42.5. The Kier molecular flexibility index (Phi) is 10.3. The van der Waals surface area contributed by atoms with E-state index in [1.54, 1.807) is 75.0 Å². The molecule has 0 unspecified atom stereocenters. The van der Waals surface area contributed by atoms with Crippen molar-refractivity contribution in [3.8, 4) is 22.3 Å². The molecule has 0 saturated carbocycles. The van der Waals surface area contributed by atoms with E-state index in [2.05, 4.69) is 51.2 Å². The van der Waals surface area contributed by atoms with Gasteiger partial charge in [0.15, 0.2) is 0 Å². The largest absolute Gasteiger partial charge is 0.368 e. The van der Waals surface area contributed by atoms with E-state index in [0.29, 0.717) is 76.3 Å². The van der Waals surface area contributed by atoms with Gasteiger partial charge in [-0.15, -0.1) is 0 Å². The zero-order chi connectivity index (χ0) is 36.6. The topological polar surface area (TPSA) is 134 Å². The predicted octanol–water partition coefficient (Wildman–Crippen LogP) is 9.05. The molecule has 0 radical (unpaired) electrons. The highest BCUT2D eigenvalue weighted by Crippen LogP contribution is 2.35. The van der Waals surface area contributed by atoms with Gasteiger partial charge in [-0.2, -0.15) is 9.97 Å². The lowest BCUT2D eigenvalue weighted by atomic mass is 10.0. The number of fused-ring (bicyclic) bond motifs is 2. The number of halogens is 4. The van der Waals surface area contributed by atoms with E-state index in [4.69, 9.17) is 52.1 Å². The minimum absolute atomic E-state index is 0.112. The summed E-state index contributed by atoms with van der Waals surface area (Å²) in [6, 6.07) is 21.8. The summed E-state index contributed by atoms with van der Waals surface area (Å²) in [5.41, 5.74) is 10.0. The van der Waals surface area contributed by atoms with Crippen LogP contribution in [0.4, 0.5) is 17.6 Å². The predicted molar refractivity (Wildman–Crippen MR) is 209 cm³/mol. The molecule has 4 heterocycles. The molecule has 3 N–H and O–H groups in total. The van der Waals surface area contributed by atoms with Crippen molar-refractivity contribution in [1.82, 2.24) is 29.1 Å². The Balaban J connectivity index is 0.000000187. The maximum atomic E-state index is 13.0. The van der Waals surface area contributed by atoms with Crippen LogP contribution in [-0.2, 0) is 14.1 Å². The fourth-order valence-corrected chi connectivity index (χ4v) is 6.72. The van der Waals surface area contributed by atoms with Crippen LogP contribution in [0.2, 0.25) is 20.1 Å². The van der Waals surface area contributed by atoms with Crippen molar-refractivity contribution in [1.29, 1.82) is 0 Å². The molecule has 0 aliphatic heterocycles. The van der Waals surface area contributed by atoms with Crippen molar-refractivity contribution < 1.29 is 0 Å². The SMILES string of the molecule is CC(C)c1ccc(Nc2ncc3cc(-c4c(Cl)cccc4Cl)c(=O)n(C)c3n2)cc1.Cn1c(=O)c(-c2c(Cl)cccc2Cl)cc2cnc(N)nc21. The Hall–Kier alpha value is -5.00. The van der Waals surface area contributed by atoms with Crippen LogP contribution in [0.5, 0.6) is 0 Å². The smallest absolute Gasteiger partial charge is 0.259 e. The summed E-state index contributed by atoms with van der Waals surface area (Å²) in [6.45, 7) is 4.30. The Labute approximate surface area is 312 Å². The van der Waals surface area contributed by atoms with Gasteiger partial charge in [0.05, 0.1) is 31.2 Å². The number of anilines is 3. The quantitative estimate of drug-likeness (QED) is 0.178. The van der Waals surface area contributed by atoms with Gasteiger partial charge < -0.3 is 11.1 Å². The van der Waals surface area contributed by atoms with Crippen molar-refractivity contribution >= 4 is 86.1 Å². The van der Waals surface area contributed by atoms with Crippen LogP contribution in [0.3, 0.4) is 0 Å². The summed E-state index contributed by atoms with van der Waals surface area (Å²) >= 11 is 25.0. The summed E-state index contributed by atoms with van der Waals surface area (Å²) in [7, 11) is 3.29. The van der Waals surface area contributed by atoms with Gasteiger partial charge >= 0.3 is 0 Å². The van der Waals surface area contributed by atoms with Gasteiger partial charge in [-0.3, -0.25) is 18.7 Å². The standard InChI is InChI=1S/C23H20Cl2N4O.C14H10Cl2N4O/c1-13(2)14-7-9-16(10-8-14)27-23-26-12-15-11-17(22(30)29(3)21(15)28-23)20-18(24)5-4-6-19(20)25;1-20-12-7(6-18-14(17)19-12)5-8(13(20)21)11-9(15)3-2-4-10(11)16/h4-13H,1-3H3,(H,26,27,28);2-6H,1H3,(H2,17,18,19). The average Bonchev–Trinajstić information content (AvgIpc) is 3.10. The Bertz CT molecular complexity index is 2530. The number of nitrogens with zero attached hydrogens (tertiary/aromatic N) is 6. The molecule has 51 heavy (non-hydrogen) atoms. The second-order valence-electron chi connectivity index (χ2n) is 11.9. The third kappa shape index (κ3) is 7.27. The average molecular weight is 761 g/mol. The second kappa shape index (κ2) is 14.7. The Morgan fingerprint density at radius 3 is 1.59 bits per heavy atom. The second-order valence-corrected chi connectivity index (χ2v) is 13.5. The first kappa shape index (κ1) is 35.8. The number of nitrogens with one attached hydrogen (secondary N) is 1. The lowest BCUT2D eigenvalue weighted by molar-refractivity contribution is 0.867. The zero-order valence-corrected chi connectivity index (χ0v) is 30.8. The van der Waals surface area contributed by atoms with Gasteiger partial charge in [-0.05, 0) is 60.0 Å². The molecule has 14 heteroatoms. The van der Waals surface area contributed by atoms with Crippen molar-refractivity contribution in [3.05, 3.63) is 132 Å².